The van der Waals surface area contributed by atoms with Gasteiger partial charge < -0.3 is 4.98 Å². The van der Waals surface area contributed by atoms with Gasteiger partial charge in [0.15, 0.2) is 16.2 Å². The van der Waals surface area contributed by atoms with Crippen LogP contribution in [-0.4, -0.2) is 29.3 Å². The number of hydrogen-bond acceptors (Lipinski definition) is 4. The van der Waals surface area contributed by atoms with Crippen LogP contribution in [0.2, 0.25) is 0 Å². The van der Waals surface area contributed by atoms with Crippen molar-refractivity contribution in [2.45, 2.75) is 13.5 Å². The molecule has 0 aliphatic rings. The van der Waals surface area contributed by atoms with Crippen molar-refractivity contribution in [2.75, 3.05) is 0 Å². The van der Waals surface area contributed by atoms with Crippen LogP contribution in [-0.2, 0) is 13.6 Å². The lowest BCUT2D eigenvalue weighted by Gasteiger charge is -2.00. The maximum absolute atomic E-state index is 5.32. The highest BCUT2D eigenvalue weighted by Crippen LogP contribution is 2.15. The molecule has 0 saturated heterocycles. The summed E-state index contributed by atoms with van der Waals surface area (Å²) < 4.78 is 4.22. The number of aromatic amines is 1. The van der Waals surface area contributed by atoms with E-state index in [1.165, 1.54) is 0 Å². The summed E-state index contributed by atoms with van der Waals surface area (Å²) in [7, 11) is 1.84. The Bertz CT molecular complexity index is 765. The number of aromatic nitrogens is 6. The molecule has 3 rings (SSSR count). The molecule has 0 fully saturated rings. The van der Waals surface area contributed by atoms with Crippen molar-refractivity contribution in [3.8, 4) is 0 Å². The van der Waals surface area contributed by atoms with Crippen LogP contribution in [0, 0.1) is 11.7 Å². The monoisotopic (exact) mass is 260 g/mol. The zero-order chi connectivity index (χ0) is 12.7. The van der Waals surface area contributed by atoms with Gasteiger partial charge >= 0.3 is 0 Å². The minimum Gasteiger partial charge on any atom is -0.329 e. The van der Waals surface area contributed by atoms with E-state index in [1.54, 1.807) is 17.2 Å². The van der Waals surface area contributed by atoms with Crippen molar-refractivity contribution < 1.29 is 0 Å². The quantitative estimate of drug-likeness (QED) is 0.710. The Hall–Kier alpha value is -2.02. The number of nitrogens with zero attached hydrogens (tertiary/aromatic N) is 5. The summed E-state index contributed by atoms with van der Waals surface area (Å²) in [5, 5.41) is 4.25. The van der Waals surface area contributed by atoms with Gasteiger partial charge in [0.25, 0.3) is 0 Å². The van der Waals surface area contributed by atoms with E-state index in [-0.39, 0.29) is 0 Å². The molecule has 0 atom stereocenters. The standard InChI is InChI=1S/C11H12N6S/c1-7-3-4-12-10-9(7)14-11(18)17(10)5-8-13-6-16(2)15-8/h3-4,6H,5H2,1-2H3,(H,14,18). The van der Waals surface area contributed by atoms with Gasteiger partial charge in [0.05, 0.1) is 12.1 Å². The fraction of sp³-hybridized carbons (Fsp3) is 0.273. The third-order valence-electron chi connectivity index (χ3n) is 2.82. The Morgan fingerprint density at radius 3 is 2.94 bits per heavy atom. The second-order valence-corrected chi connectivity index (χ2v) is 4.56. The van der Waals surface area contributed by atoms with Crippen LogP contribution < -0.4 is 0 Å². The van der Waals surface area contributed by atoms with Crippen LogP contribution in [0.4, 0.5) is 0 Å². The second-order valence-electron chi connectivity index (χ2n) is 4.18. The van der Waals surface area contributed by atoms with Gasteiger partial charge in [0, 0.05) is 13.2 Å². The Labute approximate surface area is 108 Å². The molecule has 0 aliphatic heterocycles. The molecule has 0 saturated carbocycles. The number of H-pyrrole nitrogens is 1. The molecule has 7 heteroatoms. The van der Waals surface area contributed by atoms with Crippen LogP contribution in [0.15, 0.2) is 18.6 Å². The molecule has 1 N–H and O–H groups in total. The Kier molecular flexibility index (Phi) is 2.48. The molecule has 0 aromatic carbocycles. The SMILES string of the molecule is Cc1ccnc2c1[nH]c(=S)n2Cc1ncn(C)n1. The third-order valence-corrected chi connectivity index (χ3v) is 3.14. The van der Waals surface area contributed by atoms with Gasteiger partial charge in [-0.2, -0.15) is 5.10 Å². The predicted molar refractivity (Wildman–Crippen MR) is 69.8 cm³/mol. The summed E-state index contributed by atoms with van der Waals surface area (Å²) in [6.07, 6.45) is 3.45. The highest BCUT2D eigenvalue weighted by atomic mass is 32.1. The number of hydrogen-bond donors (Lipinski definition) is 1. The van der Waals surface area contributed by atoms with Crippen LogP contribution in [0.1, 0.15) is 11.4 Å². The normalized spacial score (nSPS) is 11.2. The van der Waals surface area contributed by atoms with E-state index < -0.39 is 0 Å². The predicted octanol–water partition coefficient (Wildman–Crippen LogP) is 1.58. The largest absolute Gasteiger partial charge is 0.329 e. The summed E-state index contributed by atoms with van der Waals surface area (Å²) in [6.45, 7) is 2.55. The number of fused-ring (bicyclic) bond motifs is 1. The summed E-state index contributed by atoms with van der Waals surface area (Å²) in [5.41, 5.74) is 2.93. The first-order valence-corrected chi connectivity index (χ1v) is 5.94. The molecule has 0 radical (unpaired) electrons. The molecular formula is C11H12N6S. The van der Waals surface area contributed by atoms with E-state index in [0.29, 0.717) is 11.3 Å². The molecule has 0 bridgehead atoms. The number of nitrogens with one attached hydrogen (secondary N) is 1. The minimum absolute atomic E-state index is 0.524. The average Bonchev–Trinajstić information content (AvgIpc) is 2.87. The van der Waals surface area contributed by atoms with Crippen molar-refractivity contribution in [2.24, 2.45) is 7.05 Å². The minimum atomic E-state index is 0.524. The van der Waals surface area contributed by atoms with Crippen molar-refractivity contribution in [3.63, 3.8) is 0 Å². The first-order valence-electron chi connectivity index (χ1n) is 5.54. The van der Waals surface area contributed by atoms with Crippen molar-refractivity contribution in [1.29, 1.82) is 0 Å². The number of aryl methyl sites for hydroxylation is 2. The van der Waals surface area contributed by atoms with Crippen LogP contribution in [0.5, 0.6) is 0 Å². The summed E-state index contributed by atoms with van der Waals surface area (Å²) >= 11 is 5.32. The first-order chi connectivity index (χ1) is 8.65. The number of imidazole rings is 1. The summed E-state index contributed by atoms with van der Waals surface area (Å²) in [5.74, 6) is 0.720. The van der Waals surface area contributed by atoms with Gasteiger partial charge in [-0.15, -0.1) is 0 Å². The van der Waals surface area contributed by atoms with Crippen LogP contribution in [0.25, 0.3) is 11.2 Å². The fourth-order valence-electron chi connectivity index (χ4n) is 1.92. The second kappa shape index (κ2) is 4.02. The van der Waals surface area contributed by atoms with Gasteiger partial charge in [0.2, 0.25) is 0 Å². The van der Waals surface area contributed by atoms with Gasteiger partial charge in [-0.1, -0.05) is 0 Å². The molecule has 0 unspecified atom stereocenters. The molecule has 0 aliphatic carbocycles. The van der Waals surface area contributed by atoms with Gasteiger partial charge in [-0.25, -0.2) is 9.97 Å². The molecule has 0 spiro atoms. The van der Waals surface area contributed by atoms with Crippen molar-refractivity contribution in [1.82, 2.24) is 29.3 Å². The van der Waals surface area contributed by atoms with Gasteiger partial charge in [0.1, 0.15) is 6.33 Å². The van der Waals surface area contributed by atoms with Crippen LogP contribution in [0.3, 0.4) is 0 Å². The maximum Gasteiger partial charge on any atom is 0.179 e. The Balaban J connectivity index is 2.14. The highest BCUT2D eigenvalue weighted by molar-refractivity contribution is 7.71. The summed E-state index contributed by atoms with van der Waals surface area (Å²) in [4.78, 5) is 11.7. The maximum atomic E-state index is 5.32. The first kappa shape index (κ1) is 11.1. The van der Waals surface area contributed by atoms with E-state index in [1.807, 2.05) is 24.6 Å². The van der Waals surface area contributed by atoms with Crippen molar-refractivity contribution in [3.05, 3.63) is 34.7 Å². The lowest BCUT2D eigenvalue weighted by Crippen LogP contribution is -2.03. The fourth-order valence-corrected chi connectivity index (χ4v) is 2.17. The lowest BCUT2D eigenvalue weighted by molar-refractivity contribution is 0.704. The zero-order valence-corrected chi connectivity index (χ0v) is 10.9. The van der Waals surface area contributed by atoms with E-state index in [0.717, 1.165) is 22.6 Å². The van der Waals surface area contributed by atoms with E-state index in [4.69, 9.17) is 12.2 Å². The highest BCUT2D eigenvalue weighted by Gasteiger charge is 2.09. The molecule has 92 valence electrons. The van der Waals surface area contributed by atoms with E-state index in [9.17, 15) is 0 Å². The molecule has 18 heavy (non-hydrogen) atoms. The van der Waals surface area contributed by atoms with Crippen LogP contribution >= 0.6 is 12.2 Å². The summed E-state index contributed by atoms with van der Waals surface area (Å²) in [6, 6.07) is 1.96. The third kappa shape index (κ3) is 1.72. The van der Waals surface area contributed by atoms with E-state index >= 15 is 0 Å². The topological polar surface area (TPSA) is 64.3 Å². The molecule has 3 heterocycles. The molecule has 0 amide bonds. The average molecular weight is 260 g/mol. The van der Waals surface area contributed by atoms with Gasteiger partial charge in [-0.05, 0) is 30.8 Å². The molecule has 6 nitrogen and oxygen atoms in total. The number of pyridine rings is 1. The van der Waals surface area contributed by atoms with Crippen molar-refractivity contribution >= 4 is 23.4 Å². The van der Waals surface area contributed by atoms with E-state index in [2.05, 4.69) is 20.1 Å². The Morgan fingerprint density at radius 2 is 2.22 bits per heavy atom. The zero-order valence-electron chi connectivity index (χ0n) is 10.1. The van der Waals surface area contributed by atoms with Gasteiger partial charge in [-0.3, -0.25) is 9.25 Å². The smallest absolute Gasteiger partial charge is 0.179 e. The Morgan fingerprint density at radius 1 is 1.39 bits per heavy atom. The molecule has 3 aromatic heterocycles. The lowest BCUT2D eigenvalue weighted by atomic mass is 10.3. The number of rotatable bonds is 2. The molecular weight excluding hydrogens is 248 g/mol. The molecule has 3 aromatic rings.